The average Bonchev–Trinajstić information content (AvgIpc) is 2.12. The van der Waals surface area contributed by atoms with Gasteiger partial charge < -0.3 is 10.4 Å². The van der Waals surface area contributed by atoms with Crippen LogP contribution in [0.2, 0.25) is 0 Å². The molecule has 1 saturated carbocycles. The van der Waals surface area contributed by atoms with Gasteiger partial charge in [-0.2, -0.15) is 0 Å². The quantitative estimate of drug-likeness (QED) is 0.793. The van der Waals surface area contributed by atoms with Crippen LogP contribution in [0.3, 0.4) is 0 Å². The van der Waals surface area contributed by atoms with Crippen LogP contribution in [0.15, 0.2) is 0 Å². The summed E-state index contributed by atoms with van der Waals surface area (Å²) in [6.45, 7) is 7.01. The minimum absolute atomic E-state index is 0.00168. The Labute approximate surface area is 109 Å². The SMILES string of the molecule is CC1CC(CC(=O)NCCC(=O)O)CC(C)(C)C1. The lowest BCUT2D eigenvalue weighted by atomic mass is 9.67. The Morgan fingerprint density at radius 2 is 2.00 bits per heavy atom. The van der Waals surface area contributed by atoms with Crippen molar-refractivity contribution in [3.8, 4) is 0 Å². The Balaban J connectivity index is 2.33. The number of carbonyl (C=O) groups is 2. The van der Waals surface area contributed by atoms with Crippen LogP contribution in [-0.2, 0) is 9.59 Å². The van der Waals surface area contributed by atoms with Crippen LogP contribution in [0, 0.1) is 17.3 Å². The van der Waals surface area contributed by atoms with Crippen molar-refractivity contribution < 1.29 is 14.7 Å². The van der Waals surface area contributed by atoms with Crippen LogP contribution in [-0.4, -0.2) is 23.5 Å². The Morgan fingerprint density at radius 1 is 1.33 bits per heavy atom. The molecule has 4 nitrogen and oxygen atoms in total. The summed E-state index contributed by atoms with van der Waals surface area (Å²) in [5.74, 6) is 0.230. The first kappa shape index (κ1) is 15.0. The summed E-state index contributed by atoms with van der Waals surface area (Å²) >= 11 is 0. The van der Waals surface area contributed by atoms with Crippen LogP contribution in [0.4, 0.5) is 0 Å². The average molecular weight is 255 g/mol. The van der Waals surface area contributed by atoms with Crippen molar-refractivity contribution in [1.29, 1.82) is 0 Å². The molecule has 1 amide bonds. The molecule has 0 aliphatic heterocycles. The third-order valence-corrected chi connectivity index (χ3v) is 3.61. The first-order chi connectivity index (χ1) is 8.28. The molecule has 104 valence electrons. The Kier molecular flexibility index (Phi) is 5.17. The highest BCUT2D eigenvalue weighted by Gasteiger charge is 2.32. The van der Waals surface area contributed by atoms with Gasteiger partial charge in [0.15, 0.2) is 0 Å². The molecule has 0 heterocycles. The maximum atomic E-state index is 11.7. The minimum atomic E-state index is -0.872. The van der Waals surface area contributed by atoms with Crippen LogP contribution in [0.5, 0.6) is 0 Å². The van der Waals surface area contributed by atoms with E-state index in [4.69, 9.17) is 5.11 Å². The van der Waals surface area contributed by atoms with Crippen molar-refractivity contribution in [3.63, 3.8) is 0 Å². The third kappa shape index (κ3) is 5.52. The predicted octanol–water partition coefficient (Wildman–Crippen LogP) is 2.43. The molecule has 1 rings (SSSR count). The van der Waals surface area contributed by atoms with Gasteiger partial charge in [-0.1, -0.05) is 20.8 Å². The molecule has 2 N–H and O–H groups in total. The standard InChI is InChI=1S/C14H25NO3/c1-10-6-11(9-14(2,3)8-10)7-12(16)15-5-4-13(17)18/h10-11H,4-9H2,1-3H3,(H,15,16)(H,17,18). The molecule has 1 aliphatic rings. The fourth-order valence-corrected chi connectivity index (χ4v) is 3.34. The number of hydrogen-bond donors (Lipinski definition) is 2. The van der Waals surface area contributed by atoms with Gasteiger partial charge >= 0.3 is 5.97 Å². The summed E-state index contributed by atoms with van der Waals surface area (Å²) in [5.41, 5.74) is 0.323. The van der Waals surface area contributed by atoms with Gasteiger partial charge in [0.05, 0.1) is 6.42 Å². The van der Waals surface area contributed by atoms with Crippen molar-refractivity contribution in [2.24, 2.45) is 17.3 Å². The highest BCUT2D eigenvalue weighted by Crippen LogP contribution is 2.42. The number of carboxylic acids is 1. The normalized spacial score (nSPS) is 26.6. The fourth-order valence-electron chi connectivity index (χ4n) is 3.34. The maximum Gasteiger partial charge on any atom is 0.305 e. The summed E-state index contributed by atoms with van der Waals surface area (Å²) in [6, 6.07) is 0. The van der Waals surface area contributed by atoms with E-state index in [1.807, 2.05) is 0 Å². The second-order valence-electron chi connectivity index (χ2n) is 6.48. The van der Waals surface area contributed by atoms with Crippen LogP contribution in [0.25, 0.3) is 0 Å². The van der Waals surface area contributed by atoms with E-state index in [0.717, 1.165) is 12.8 Å². The first-order valence-corrected chi connectivity index (χ1v) is 6.77. The lowest BCUT2D eigenvalue weighted by Crippen LogP contribution is -2.33. The molecular formula is C14H25NO3. The molecule has 0 bridgehead atoms. The van der Waals surface area contributed by atoms with Gasteiger partial charge in [-0.25, -0.2) is 0 Å². The zero-order chi connectivity index (χ0) is 13.8. The van der Waals surface area contributed by atoms with Gasteiger partial charge in [-0.05, 0) is 36.5 Å². The summed E-state index contributed by atoms with van der Waals surface area (Å²) in [4.78, 5) is 22.1. The number of carbonyl (C=O) groups excluding carboxylic acids is 1. The Bertz CT molecular complexity index is 312. The predicted molar refractivity (Wildman–Crippen MR) is 70.2 cm³/mol. The lowest BCUT2D eigenvalue weighted by Gasteiger charge is -2.38. The van der Waals surface area contributed by atoms with Crippen molar-refractivity contribution in [1.82, 2.24) is 5.32 Å². The molecule has 0 spiro atoms. The van der Waals surface area contributed by atoms with Gasteiger partial charge in [-0.3, -0.25) is 9.59 Å². The monoisotopic (exact) mass is 255 g/mol. The van der Waals surface area contributed by atoms with E-state index in [1.165, 1.54) is 6.42 Å². The first-order valence-electron chi connectivity index (χ1n) is 6.77. The second-order valence-corrected chi connectivity index (χ2v) is 6.48. The molecule has 1 aliphatic carbocycles. The number of hydrogen-bond acceptors (Lipinski definition) is 2. The summed E-state index contributed by atoms with van der Waals surface area (Å²) < 4.78 is 0. The number of aliphatic carboxylic acids is 1. The molecule has 0 aromatic carbocycles. The van der Waals surface area contributed by atoms with E-state index in [9.17, 15) is 9.59 Å². The van der Waals surface area contributed by atoms with Crippen molar-refractivity contribution in [2.45, 2.75) is 52.9 Å². The van der Waals surface area contributed by atoms with E-state index in [1.54, 1.807) is 0 Å². The Hall–Kier alpha value is -1.06. The van der Waals surface area contributed by atoms with Gasteiger partial charge in [0, 0.05) is 13.0 Å². The molecule has 2 unspecified atom stereocenters. The van der Waals surface area contributed by atoms with E-state index >= 15 is 0 Å². The molecule has 1 fully saturated rings. The topological polar surface area (TPSA) is 66.4 Å². The molecule has 4 heteroatoms. The highest BCUT2D eigenvalue weighted by atomic mass is 16.4. The molecule has 0 aromatic rings. The van der Waals surface area contributed by atoms with Gasteiger partial charge in [0.25, 0.3) is 0 Å². The highest BCUT2D eigenvalue weighted by molar-refractivity contribution is 5.77. The number of carboxylic acid groups (broad SMARTS) is 1. The van der Waals surface area contributed by atoms with Crippen LogP contribution >= 0.6 is 0 Å². The van der Waals surface area contributed by atoms with Crippen molar-refractivity contribution in [3.05, 3.63) is 0 Å². The molecule has 0 aromatic heterocycles. The van der Waals surface area contributed by atoms with Crippen molar-refractivity contribution >= 4 is 11.9 Å². The lowest BCUT2D eigenvalue weighted by molar-refractivity contribution is -0.136. The van der Waals surface area contributed by atoms with E-state index < -0.39 is 5.97 Å². The van der Waals surface area contributed by atoms with Crippen LogP contribution in [0.1, 0.15) is 52.9 Å². The molecule has 18 heavy (non-hydrogen) atoms. The molecule has 0 radical (unpaired) electrons. The summed E-state index contributed by atoms with van der Waals surface area (Å²) in [5, 5.41) is 11.2. The summed E-state index contributed by atoms with van der Waals surface area (Å²) in [7, 11) is 0. The minimum Gasteiger partial charge on any atom is -0.481 e. The number of nitrogens with one attached hydrogen (secondary N) is 1. The van der Waals surface area contributed by atoms with E-state index in [-0.39, 0.29) is 18.9 Å². The Morgan fingerprint density at radius 3 is 2.56 bits per heavy atom. The smallest absolute Gasteiger partial charge is 0.305 e. The fraction of sp³-hybridized carbons (Fsp3) is 0.857. The van der Waals surface area contributed by atoms with Crippen LogP contribution < -0.4 is 5.32 Å². The third-order valence-electron chi connectivity index (χ3n) is 3.61. The summed E-state index contributed by atoms with van der Waals surface area (Å²) in [6.07, 6.45) is 3.95. The van der Waals surface area contributed by atoms with Crippen molar-refractivity contribution in [2.75, 3.05) is 6.54 Å². The zero-order valence-electron chi connectivity index (χ0n) is 11.7. The molecule has 2 atom stereocenters. The largest absolute Gasteiger partial charge is 0.481 e. The van der Waals surface area contributed by atoms with Gasteiger partial charge in [-0.15, -0.1) is 0 Å². The van der Waals surface area contributed by atoms with Gasteiger partial charge in [0.1, 0.15) is 0 Å². The van der Waals surface area contributed by atoms with E-state index in [0.29, 0.717) is 23.7 Å². The maximum absolute atomic E-state index is 11.7. The number of rotatable bonds is 5. The molecule has 0 saturated heterocycles. The van der Waals surface area contributed by atoms with E-state index in [2.05, 4.69) is 26.1 Å². The second kappa shape index (κ2) is 6.21. The molecular weight excluding hydrogens is 230 g/mol. The zero-order valence-corrected chi connectivity index (χ0v) is 11.7. The number of amides is 1. The van der Waals surface area contributed by atoms with Gasteiger partial charge in [0.2, 0.25) is 5.91 Å².